The standard InChI is InChI=1S/C22H18F3N5O/c1-13(20-27-29-30(2)28-20)26-21(31)16-8-11-19-15(12-16)4-3-5-18(19)14-6-9-17(10-7-14)22(23,24)25/h3-13H,1-2H3,(H,26,31). The number of benzene rings is 3. The smallest absolute Gasteiger partial charge is 0.342 e. The molecular formula is C22H18F3N5O. The van der Waals surface area contributed by atoms with Crippen molar-refractivity contribution in [2.45, 2.75) is 19.1 Å². The summed E-state index contributed by atoms with van der Waals surface area (Å²) < 4.78 is 38.5. The van der Waals surface area contributed by atoms with Crippen LogP contribution in [-0.2, 0) is 13.2 Å². The highest BCUT2D eigenvalue weighted by Gasteiger charge is 2.30. The van der Waals surface area contributed by atoms with Crippen molar-refractivity contribution >= 4 is 16.7 Å². The third kappa shape index (κ3) is 4.25. The van der Waals surface area contributed by atoms with Crippen molar-refractivity contribution in [1.82, 2.24) is 25.5 Å². The van der Waals surface area contributed by atoms with E-state index in [0.717, 1.165) is 28.5 Å². The van der Waals surface area contributed by atoms with Gasteiger partial charge in [-0.15, -0.1) is 10.2 Å². The van der Waals surface area contributed by atoms with E-state index in [4.69, 9.17) is 0 Å². The van der Waals surface area contributed by atoms with E-state index in [2.05, 4.69) is 20.7 Å². The van der Waals surface area contributed by atoms with E-state index >= 15 is 0 Å². The van der Waals surface area contributed by atoms with E-state index < -0.39 is 17.8 Å². The van der Waals surface area contributed by atoms with Crippen molar-refractivity contribution in [2.24, 2.45) is 7.05 Å². The maximum atomic E-state index is 12.8. The Morgan fingerprint density at radius 3 is 2.45 bits per heavy atom. The lowest BCUT2D eigenvalue weighted by molar-refractivity contribution is -0.137. The van der Waals surface area contributed by atoms with Gasteiger partial charge >= 0.3 is 6.18 Å². The van der Waals surface area contributed by atoms with Crippen LogP contribution < -0.4 is 5.32 Å². The van der Waals surface area contributed by atoms with Crippen LogP contribution >= 0.6 is 0 Å². The van der Waals surface area contributed by atoms with Crippen molar-refractivity contribution in [3.63, 3.8) is 0 Å². The number of nitrogens with one attached hydrogen (secondary N) is 1. The van der Waals surface area contributed by atoms with Crippen LogP contribution in [0, 0.1) is 0 Å². The molecule has 4 aromatic rings. The molecule has 0 saturated carbocycles. The maximum Gasteiger partial charge on any atom is 0.416 e. The van der Waals surface area contributed by atoms with Crippen LogP contribution in [0.15, 0.2) is 60.7 Å². The Balaban J connectivity index is 1.61. The minimum atomic E-state index is -4.38. The van der Waals surface area contributed by atoms with Crippen LogP contribution in [0.1, 0.15) is 34.7 Å². The van der Waals surface area contributed by atoms with Gasteiger partial charge in [-0.2, -0.15) is 18.0 Å². The second-order valence-corrected chi connectivity index (χ2v) is 7.15. The number of halogens is 3. The van der Waals surface area contributed by atoms with Gasteiger partial charge in [-0.25, -0.2) is 0 Å². The van der Waals surface area contributed by atoms with E-state index in [1.54, 1.807) is 32.2 Å². The van der Waals surface area contributed by atoms with E-state index in [1.807, 2.05) is 18.2 Å². The number of rotatable bonds is 4. The fourth-order valence-electron chi connectivity index (χ4n) is 3.33. The zero-order chi connectivity index (χ0) is 22.2. The minimum absolute atomic E-state index is 0.290. The fourth-order valence-corrected chi connectivity index (χ4v) is 3.33. The number of tetrazole rings is 1. The number of aromatic nitrogens is 4. The third-order valence-electron chi connectivity index (χ3n) is 4.92. The lowest BCUT2D eigenvalue weighted by atomic mass is 9.96. The molecule has 0 aliphatic heterocycles. The molecule has 9 heteroatoms. The Hall–Kier alpha value is -3.75. The Morgan fingerprint density at radius 2 is 1.81 bits per heavy atom. The Labute approximate surface area is 175 Å². The molecule has 1 unspecified atom stereocenters. The summed E-state index contributed by atoms with van der Waals surface area (Å²) in [6.45, 7) is 1.76. The summed E-state index contributed by atoms with van der Waals surface area (Å²) >= 11 is 0. The van der Waals surface area contributed by atoms with Gasteiger partial charge in [0.1, 0.15) is 0 Å². The van der Waals surface area contributed by atoms with Gasteiger partial charge in [-0.3, -0.25) is 4.79 Å². The number of carbonyl (C=O) groups excluding carboxylic acids is 1. The van der Waals surface area contributed by atoms with Crippen LogP contribution in [0.4, 0.5) is 13.2 Å². The van der Waals surface area contributed by atoms with Gasteiger partial charge < -0.3 is 5.32 Å². The lowest BCUT2D eigenvalue weighted by Crippen LogP contribution is -2.27. The van der Waals surface area contributed by atoms with Crippen LogP contribution in [-0.4, -0.2) is 26.1 Å². The summed E-state index contributed by atoms with van der Waals surface area (Å²) in [5, 5.41) is 16.2. The predicted molar refractivity (Wildman–Crippen MR) is 109 cm³/mol. The van der Waals surface area contributed by atoms with Crippen molar-refractivity contribution in [3.05, 3.63) is 77.6 Å². The molecule has 4 rings (SSSR count). The SMILES string of the molecule is CC(NC(=O)c1ccc2c(-c3ccc(C(F)(F)F)cc3)cccc2c1)c1nnn(C)n1. The summed E-state index contributed by atoms with van der Waals surface area (Å²) in [5.41, 5.74) is 1.21. The number of amides is 1. The van der Waals surface area contributed by atoms with Crippen LogP contribution in [0.25, 0.3) is 21.9 Å². The van der Waals surface area contributed by atoms with E-state index in [9.17, 15) is 18.0 Å². The first-order valence-corrected chi connectivity index (χ1v) is 9.47. The first kappa shape index (κ1) is 20.5. The summed E-state index contributed by atoms with van der Waals surface area (Å²) in [4.78, 5) is 14.0. The van der Waals surface area contributed by atoms with Gasteiger partial charge in [0, 0.05) is 5.56 Å². The topological polar surface area (TPSA) is 72.7 Å². The summed E-state index contributed by atoms with van der Waals surface area (Å²) in [6, 6.07) is 15.3. The number of fused-ring (bicyclic) bond motifs is 1. The number of hydrogen-bond acceptors (Lipinski definition) is 4. The molecular weight excluding hydrogens is 407 g/mol. The first-order chi connectivity index (χ1) is 14.7. The van der Waals surface area contributed by atoms with Gasteiger partial charge in [0.25, 0.3) is 5.91 Å². The van der Waals surface area contributed by atoms with Crippen LogP contribution in [0.3, 0.4) is 0 Å². The molecule has 0 fully saturated rings. The highest BCUT2D eigenvalue weighted by Crippen LogP contribution is 2.33. The number of nitrogens with zero attached hydrogens (tertiary/aromatic N) is 4. The summed E-state index contributed by atoms with van der Waals surface area (Å²) in [6.07, 6.45) is -4.38. The number of hydrogen-bond donors (Lipinski definition) is 1. The molecule has 0 saturated heterocycles. The van der Waals surface area contributed by atoms with Crippen molar-refractivity contribution in [2.75, 3.05) is 0 Å². The average molecular weight is 425 g/mol. The normalized spacial score (nSPS) is 12.7. The van der Waals surface area contributed by atoms with Gasteiger partial charge in [-0.1, -0.05) is 36.4 Å². The molecule has 1 heterocycles. The molecule has 1 amide bonds. The van der Waals surface area contributed by atoms with Crippen molar-refractivity contribution in [1.29, 1.82) is 0 Å². The third-order valence-corrected chi connectivity index (χ3v) is 4.92. The molecule has 1 N–H and O–H groups in total. The second-order valence-electron chi connectivity index (χ2n) is 7.15. The molecule has 1 atom stereocenters. The molecule has 0 radical (unpaired) electrons. The van der Waals surface area contributed by atoms with Gasteiger partial charge in [0.05, 0.1) is 18.7 Å². The van der Waals surface area contributed by atoms with Gasteiger partial charge in [-0.05, 0) is 58.3 Å². The minimum Gasteiger partial charge on any atom is -0.342 e. The molecule has 0 aliphatic rings. The lowest BCUT2D eigenvalue weighted by Gasteiger charge is -2.12. The zero-order valence-corrected chi connectivity index (χ0v) is 16.7. The molecule has 0 spiro atoms. The maximum absolute atomic E-state index is 12.8. The van der Waals surface area contributed by atoms with Crippen LogP contribution in [0.5, 0.6) is 0 Å². The average Bonchev–Trinajstić information content (AvgIpc) is 3.19. The highest BCUT2D eigenvalue weighted by molar-refractivity contribution is 6.02. The van der Waals surface area contributed by atoms with Crippen LogP contribution in [0.2, 0.25) is 0 Å². The van der Waals surface area contributed by atoms with Crippen molar-refractivity contribution in [3.8, 4) is 11.1 Å². The Morgan fingerprint density at radius 1 is 1.06 bits per heavy atom. The number of carbonyl (C=O) groups is 1. The highest BCUT2D eigenvalue weighted by atomic mass is 19.4. The predicted octanol–water partition coefficient (Wildman–Crippen LogP) is 4.54. The molecule has 0 aliphatic carbocycles. The number of alkyl halides is 3. The zero-order valence-electron chi connectivity index (χ0n) is 16.7. The van der Waals surface area contributed by atoms with Crippen molar-refractivity contribution < 1.29 is 18.0 Å². The van der Waals surface area contributed by atoms with Gasteiger partial charge in [0.15, 0.2) is 5.82 Å². The molecule has 31 heavy (non-hydrogen) atoms. The summed E-state index contributed by atoms with van der Waals surface area (Å²) in [7, 11) is 1.64. The molecule has 1 aromatic heterocycles. The second kappa shape index (κ2) is 7.82. The number of aryl methyl sites for hydroxylation is 1. The Kier molecular flexibility index (Phi) is 5.18. The quantitative estimate of drug-likeness (QED) is 0.521. The fraction of sp³-hybridized carbons (Fsp3) is 0.182. The van der Waals surface area contributed by atoms with E-state index in [-0.39, 0.29) is 5.91 Å². The largest absolute Gasteiger partial charge is 0.416 e. The molecule has 3 aromatic carbocycles. The Bertz CT molecular complexity index is 1250. The molecule has 0 bridgehead atoms. The first-order valence-electron chi connectivity index (χ1n) is 9.47. The molecule has 158 valence electrons. The van der Waals surface area contributed by atoms with E-state index in [0.29, 0.717) is 17.0 Å². The van der Waals surface area contributed by atoms with E-state index in [1.165, 1.54) is 16.9 Å². The monoisotopic (exact) mass is 425 g/mol. The summed E-state index contributed by atoms with van der Waals surface area (Å²) in [5.74, 6) is 0.114. The molecule has 6 nitrogen and oxygen atoms in total. The van der Waals surface area contributed by atoms with Gasteiger partial charge in [0.2, 0.25) is 0 Å².